The van der Waals surface area contributed by atoms with Gasteiger partial charge in [-0.3, -0.25) is 14.5 Å². The van der Waals surface area contributed by atoms with Gasteiger partial charge in [0.25, 0.3) is 5.91 Å². The summed E-state index contributed by atoms with van der Waals surface area (Å²) < 4.78 is 0. The SMILES string of the molecule is Cc1ccc(CNC(=O)CSC2=Nc3ccccc3C3=NC(=O)C(C(C)C)N23)cc1. The Kier molecular flexibility index (Phi) is 5.72. The average Bonchev–Trinajstić information content (AvgIpc) is 3.09. The summed E-state index contributed by atoms with van der Waals surface area (Å²) in [4.78, 5) is 36.0. The molecule has 6 nitrogen and oxygen atoms in total. The summed E-state index contributed by atoms with van der Waals surface area (Å²) in [6.45, 7) is 6.52. The van der Waals surface area contributed by atoms with Gasteiger partial charge in [-0.1, -0.05) is 67.6 Å². The van der Waals surface area contributed by atoms with Crippen LogP contribution in [-0.2, 0) is 16.1 Å². The van der Waals surface area contributed by atoms with Crippen LogP contribution in [0.4, 0.5) is 5.69 Å². The normalized spacial score (nSPS) is 17.4. The maximum Gasteiger partial charge on any atom is 0.271 e. The summed E-state index contributed by atoms with van der Waals surface area (Å²) >= 11 is 1.34. The van der Waals surface area contributed by atoms with Crippen LogP contribution in [0.2, 0.25) is 0 Å². The number of para-hydroxylation sites is 1. The summed E-state index contributed by atoms with van der Waals surface area (Å²) in [5.41, 5.74) is 3.87. The lowest BCUT2D eigenvalue weighted by Gasteiger charge is -2.32. The lowest BCUT2D eigenvalue weighted by molar-refractivity contribution is -0.120. The molecule has 30 heavy (non-hydrogen) atoms. The summed E-state index contributed by atoms with van der Waals surface area (Å²) in [6.07, 6.45) is 0. The zero-order chi connectivity index (χ0) is 21.3. The Morgan fingerprint density at radius 3 is 2.60 bits per heavy atom. The van der Waals surface area contributed by atoms with Gasteiger partial charge < -0.3 is 5.32 Å². The molecular formula is C23H24N4O2S. The van der Waals surface area contributed by atoms with E-state index in [0.29, 0.717) is 17.5 Å². The topological polar surface area (TPSA) is 74.1 Å². The summed E-state index contributed by atoms with van der Waals surface area (Å²) in [5, 5.41) is 3.59. The Labute approximate surface area is 180 Å². The highest BCUT2D eigenvalue weighted by Gasteiger charge is 2.43. The van der Waals surface area contributed by atoms with Crippen LogP contribution in [0.5, 0.6) is 0 Å². The molecule has 7 heteroatoms. The zero-order valence-corrected chi connectivity index (χ0v) is 18.1. The molecule has 0 saturated heterocycles. The number of thioether (sulfide) groups is 1. The van der Waals surface area contributed by atoms with Crippen molar-refractivity contribution >= 4 is 40.3 Å². The molecule has 0 radical (unpaired) electrons. The molecule has 4 rings (SSSR count). The first-order valence-electron chi connectivity index (χ1n) is 9.99. The van der Waals surface area contributed by atoms with E-state index in [9.17, 15) is 9.59 Å². The molecule has 2 aromatic carbocycles. The molecule has 2 aliphatic heterocycles. The number of amidine groups is 2. The third kappa shape index (κ3) is 4.03. The number of hydrogen-bond acceptors (Lipinski definition) is 5. The van der Waals surface area contributed by atoms with Gasteiger partial charge in [0.2, 0.25) is 5.91 Å². The Balaban J connectivity index is 1.49. The monoisotopic (exact) mass is 420 g/mol. The summed E-state index contributed by atoms with van der Waals surface area (Å²) in [6, 6.07) is 15.3. The number of aliphatic imine (C=N–C) groups is 2. The van der Waals surface area contributed by atoms with Crippen molar-refractivity contribution in [3.05, 3.63) is 65.2 Å². The molecular weight excluding hydrogens is 396 g/mol. The Bertz CT molecular complexity index is 1040. The van der Waals surface area contributed by atoms with Gasteiger partial charge in [-0.15, -0.1) is 0 Å². The number of carbonyl (C=O) groups is 2. The lowest BCUT2D eigenvalue weighted by Crippen LogP contribution is -2.46. The average molecular weight is 421 g/mol. The van der Waals surface area contributed by atoms with Crippen LogP contribution >= 0.6 is 11.8 Å². The van der Waals surface area contributed by atoms with Gasteiger partial charge in [-0.05, 0) is 30.5 Å². The van der Waals surface area contributed by atoms with Crippen molar-refractivity contribution in [2.45, 2.75) is 33.4 Å². The highest BCUT2D eigenvalue weighted by Crippen LogP contribution is 2.35. The lowest BCUT2D eigenvalue weighted by atomic mass is 10.0. The molecule has 2 heterocycles. The minimum atomic E-state index is -0.393. The van der Waals surface area contributed by atoms with E-state index in [2.05, 4.69) is 10.3 Å². The van der Waals surface area contributed by atoms with Gasteiger partial charge in [0.15, 0.2) is 5.17 Å². The molecule has 1 atom stereocenters. The minimum absolute atomic E-state index is 0.0742. The number of amides is 2. The molecule has 0 bridgehead atoms. The van der Waals surface area contributed by atoms with Gasteiger partial charge in [-0.2, -0.15) is 4.99 Å². The van der Waals surface area contributed by atoms with Crippen LogP contribution in [0.3, 0.4) is 0 Å². The molecule has 1 N–H and O–H groups in total. The standard InChI is InChI=1S/C23H24N4O2S/c1-14(2)20-22(29)26-21-17-6-4-5-7-18(17)25-23(27(20)21)30-13-19(28)24-12-16-10-8-15(3)9-11-16/h4-11,14,20H,12-13H2,1-3H3,(H,24,28). The van der Waals surface area contributed by atoms with Crippen molar-refractivity contribution in [3.8, 4) is 0 Å². The third-order valence-corrected chi connectivity index (χ3v) is 6.07. The van der Waals surface area contributed by atoms with E-state index in [1.54, 1.807) is 0 Å². The molecule has 0 aromatic heterocycles. The largest absolute Gasteiger partial charge is 0.351 e. The molecule has 0 spiro atoms. The van der Waals surface area contributed by atoms with E-state index < -0.39 is 6.04 Å². The number of hydrogen-bond donors (Lipinski definition) is 1. The number of nitrogens with one attached hydrogen (secondary N) is 1. The Morgan fingerprint density at radius 2 is 1.87 bits per heavy atom. The quantitative estimate of drug-likeness (QED) is 0.801. The zero-order valence-electron chi connectivity index (χ0n) is 17.3. The van der Waals surface area contributed by atoms with Crippen LogP contribution in [-0.4, -0.2) is 39.5 Å². The molecule has 0 aliphatic carbocycles. The van der Waals surface area contributed by atoms with Crippen molar-refractivity contribution in [1.29, 1.82) is 0 Å². The number of benzene rings is 2. The Morgan fingerprint density at radius 1 is 1.13 bits per heavy atom. The number of fused-ring (bicyclic) bond motifs is 3. The van der Waals surface area contributed by atoms with E-state index in [4.69, 9.17) is 4.99 Å². The first kappa shape index (κ1) is 20.3. The smallest absolute Gasteiger partial charge is 0.271 e. The fraction of sp³-hybridized carbons (Fsp3) is 0.304. The van der Waals surface area contributed by atoms with Crippen molar-refractivity contribution in [2.75, 3.05) is 5.75 Å². The fourth-order valence-corrected chi connectivity index (χ4v) is 4.42. The maximum atomic E-state index is 12.6. The van der Waals surface area contributed by atoms with Crippen molar-refractivity contribution in [3.63, 3.8) is 0 Å². The summed E-state index contributed by atoms with van der Waals surface area (Å²) in [7, 11) is 0. The number of nitrogens with zero attached hydrogens (tertiary/aromatic N) is 3. The highest BCUT2D eigenvalue weighted by atomic mass is 32.2. The molecule has 0 fully saturated rings. The van der Waals surface area contributed by atoms with E-state index in [-0.39, 0.29) is 23.5 Å². The van der Waals surface area contributed by atoms with E-state index >= 15 is 0 Å². The van der Waals surface area contributed by atoms with Crippen molar-refractivity contribution < 1.29 is 9.59 Å². The van der Waals surface area contributed by atoms with Gasteiger partial charge in [0.05, 0.1) is 11.4 Å². The van der Waals surface area contributed by atoms with Crippen LogP contribution in [0.1, 0.15) is 30.5 Å². The Hall–Kier alpha value is -2.93. The van der Waals surface area contributed by atoms with Crippen molar-refractivity contribution in [2.24, 2.45) is 15.9 Å². The minimum Gasteiger partial charge on any atom is -0.351 e. The number of rotatable bonds is 5. The molecule has 2 aromatic rings. The molecule has 2 amide bonds. The number of aryl methyl sites for hydroxylation is 1. The van der Waals surface area contributed by atoms with Crippen LogP contribution in [0.25, 0.3) is 0 Å². The van der Waals surface area contributed by atoms with Crippen LogP contribution in [0.15, 0.2) is 58.5 Å². The van der Waals surface area contributed by atoms with E-state index in [1.807, 2.05) is 74.2 Å². The van der Waals surface area contributed by atoms with E-state index in [0.717, 1.165) is 16.8 Å². The molecule has 154 valence electrons. The van der Waals surface area contributed by atoms with Crippen molar-refractivity contribution in [1.82, 2.24) is 10.2 Å². The second-order valence-electron chi connectivity index (χ2n) is 7.80. The maximum absolute atomic E-state index is 12.6. The third-order valence-electron chi connectivity index (χ3n) is 5.12. The van der Waals surface area contributed by atoms with Gasteiger partial charge in [0, 0.05) is 12.1 Å². The number of carbonyl (C=O) groups excluding carboxylic acids is 2. The van der Waals surface area contributed by atoms with E-state index in [1.165, 1.54) is 17.3 Å². The molecule has 1 unspecified atom stereocenters. The molecule has 0 saturated carbocycles. The predicted octanol–water partition coefficient (Wildman–Crippen LogP) is 3.66. The molecule has 2 aliphatic rings. The fourth-order valence-electron chi connectivity index (χ4n) is 3.56. The van der Waals surface area contributed by atoms with Gasteiger partial charge in [-0.25, -0.2) is 4.99 Å². The second kappa shape index (κ2) is 8.44. The van der Waals surface area contributed by atoms with Crippen LogP contribution < -0.4 is 5.32 Å². The van der Waals surface area contributed by atoms with Gasteiger partial charge in [0.1, 0.15) is 11.9 Å². The predicted molar refractivity (Wildman–Crippen MR) is 121 cm³/mol. The van der Waals surface area contributed by atoms with Crippen LogP contribution in [0, 0.1) is 12.8 Å². The second-order valence-corrected chi connectivity index (χ2v) is 8.74. The van der Waals surface area contributed by atoms with Gasteiger partial charge >= 0.3 is 0 Å². The first-order valence-corrected chi connectivity index (χ1v) is 11.0. The first-order chi connectivity index (χ1) is 14.4. The highest BCUT2D eigenvalue weighted by molar-refractivity contribution is 8.14. The summed E-state index contributed by atoms with van der Waals surface area (Å²) in [5.74, 6) is 0.688.